The van der Waals surface area contributed by atoms with Crippen LogP contribution < -0.4 is 15.4 Å². The highest BCUT2D eigenvalue weighted by molar-refractivity contribution is 6.09. The molecular formula is C18H25N3O4. The zero-order valence-corrected chi connectivity index (χ0v) is 14.9. The van der Waals surface area contributed by atoms with Crippen LogP contribution in [-0.2, 0) is 15.1 Å². The first-order chi connectivity index (χ1) is 11.9. The molecule has 1 aromatic rings. The van der Waals surface area contributed by atoms with Gasteiger partial charge < -0.3 is 15.4 Å². The molecule has 0 spiro atoms. The third kappa shape index (κ3) is 4.10. The Balaban J connectivity index is 2.04. The van der Waals surface area contributed by atoms with Crippen molar-refractivity contribution in [3.63, 3.8) is 0 Å². The molecule has 0 saturated carbocycles. The number of urea groups is 1. The van der Waals surface area contributed by atoms with Gasteiger partial charge in [-0.3, -0.25) is 14.5 Å². The van der Waals surface area contributed by atoms with Crippen molar-refractivity contribution in [1.29, 1.82) is 0 Å². The van der Waals surface area contributed by atoms with Crippen LogP contribution in [-0.4, -0.2) is 42.9 Å². The predicted octanol–water partition coefficient (Wildman–Crippen LogP) is 1.77. The Labute approximate surface area is 147 Å². The van der Waals surface area contributed by atoms with Crippen LogP contribution in [0.1, 0.15) is 38.7 Å². The summed E-state index contributed by atoms with van der Waals surface area (Å²) in [5, 5.41) is 5.42. The van der Waals surface area contributed by atoms with E-state index in [9.17, 15) is 14.4 Å². The lowest BCUT2D eigenvalue weighted by atomic mass is 9.92. The summed E-state index contributed by atoms with van der Waals surface area (Å²) in [7, 11) is 1.56. The molecule has 136 valence electrons. The number of carbonyl (C=O) groups excluding carboxylic acids is 3. The standard InChI is InChI=1S/C18H25N3O4/c1-4-5-6-11-19-15(22)12-21-16(23)18(2,20-17(21)24)13-7-9-14(25-3)10-8-13/h7-10H,4-6,11-12H2,1-3H3,(H,19,22)(H,20,24)/t18-/m1/s1. The van der Waals surface area contributed by atoms with E-state index in [-0.39, 0.29) is 12.5 Å². The predicted molar refractivity (Wildman–Crippen MR) is 93.1 cm³/mol. The number of ether oxygens (including phenoxy) is 1. The number of nitrogens with zero attached hydrogens (tertiary/aromatic N) is 1. The van der Waals surface area contributed by atoms with Gasteiger partial charge in [0.05, 0.1) is 7.11 Å². The van der Waals surface area contributed by atoms with Gasteiger partial charge in [-0.1, -0.05) is 31.9 Å². The van der Waals surface area contributed by atoms with Gasteiger partial charge in [-0.05, 0) is 31.0 Å². The maximum atomic E-state index is 12.7. The molecule has 0 aromatic heterocycles. The van der Waals surface area contributed by atoms with E-state index in [0.29, 0.717) is 17.9 Å². The number of hydrogen-bond donors (Lipinski definition) is 2. The molecule has 2 N–H and O–H groups in total. The Hall–Kier alpha value is -2.57. The smallest absolute Gasteiger partial charge is 0.325 e. The van der Waals surface area contributed by atoms with Crippen LogP contribution in [0.25, 0.3) is 0 Å². The number of methoxy groups -OCH3 is 1. The molecule has 0 aliphatic carbocycles. The van der Waals surface area contributed by atoms with Crippen LogP contribution in [0.4, 0.5) is 4.79 Å². The second kappa shape index (κ2) is 8.00. The van der Waals surface area contributed by atoms with E-state index < -0.39 is 17.5 Å². The molecule has 0 bridgehead atoms. The normalized spacial score (nSPS) is 19.7. The number of unbranched alkanes of at least 4 members (excludes halogenated alkanes) is 2. The summed E-state index contributed by atoms with van der Waals surface area (Å²) in [4.78, 5) is 37.9. The van der Waals surface area contributed by atoms with Crippen LogP contribution in [0.3, 0.4) is 0 Å². The van der Waals surface area contributed by atoms with E-state index in [2.05, 4.69) is 17.6 Å². The van der Waals surface area contributed by atoms with Gasteiger partial charge in [-0.25, -0.2) is 4.79 Å². The first kappa shape index (κ1) is 18.8. The topological polar surface area (TPSA) is 87.7 Å². The molecule has 1 heterocycles. The summed E-state index contributed by atoms with van der Waals surface area (Å²) in [5.41, 5.74) is -0.552. The minimum Gasteiger partial charge on any atom is -0.497 e. The molecular weight excluding hydrogens is 322 g/mol. The SMILES string of the molecule is CCCCCNC(=O)CN1C(=O)N[C@](C)(c2ccc(OC)cc2)C1=O. The summed E-state index contributed by atoms with van der Waals surface area (Å²) in [5.74, 6) is -0.114. The van der Waals surface area contributed by atoms with E-state index in [4.69, 9.17) is 4.74 Å². The van der Waals surface area contributed by atoms with Gasteiger partial charge in [0.1, 0.15) is 17.8 Å². The number of carbonyl (C=O) groups is 3. The molecule has 0 unspecified atom stereocenters. The molecule has 4 amide bonds. The number of nitrogens with one attached hydrogen (secondary N) is 2. The molecule has 1 aliphatic rings. The van der Waals surface area contributed by atoms with E-state index in [1.54, 1.807) is 38.3 Å². The first-order valence-corrected chi connectivity index (χ1v) is 8.47. The van der Waals surface area contributed by atoms with Gasteiger partial charge in [0, 0.05) is 6.54 Å². The molecule has 1 aromatic carbocycles. The van der Waals surface area contributed by atoms with Gasteiger partial charge in [0.15, 0.2) is 0 Å². The summed E-state index contributed by atoms with van der Waals surface area (Å²) in [6, 6.07) is 6.34. The maximum absolute atomic E-state index is 12.7. The Morgan fingerprint density at radius 1 is 1.24 bits per heavy atom. The van der Waals surface area contributed by atoms with Crippen molar-refractivity contribution in [3.05, 3.63) is 29.8 Å². The molecule has 0 radical (unpaired) electrons. The van der Waals surface area contributed by atoms with E-state index in [1.807, 2.05) is 0 Å². The largest absolute Gasteiger partial charge is 0.497 e. The van der Waals surface area contributed by atoms with Gasteiger partial charge >= 0.3 is 6.03 Å². The maximum Gasteiger partial charge on any atom is 0.325 e. The van der Waals surface area contributed by atoms with Crippen molar-refractivity contribution in [2.24, 2.45) is 0 Å². The second-order valence-electron chi connectivity index (χ2n) is 6.23. The summed E-state index contributed by atoms with van der Waals surface area (Å²) in [6.45, 7) is 3.98. The summed E-state index contributed by atoms with van der Waals surface area (Å²) >= 11 is 0. The number of hydrogen-bond acceptors (Lipinski definition) is 4. The average molecular weight is 347 g/mol. The molecule has 2 rings (SSSR count). The van der Waals surface area contributed by atoms with Crippen LogP contribution in [0.2, 0.25) is 0 Å². The van der Waals surface area contributed by atoms with E-state index in [0.717, 1.165) is 24.2 Å². The Bertz CT molecular complexity index is 644. The summed E-state index contributed by atoms with van der Waals surface area (Å²) < 4.78 is 5.11. The lowest BCUT2D eigenvalue weighted by molar-refractivity contribution is -0.134. The molecule has 1 fully saturated rings. The first-order valence-electron chi connectivity index (χ1n) is 8.47. The third-order valence-electron chi connectivity index (χ3n) is 4.35. The van der Waals surface area contributed by atoms with Gasteiger partial charge in [0.25, 0.3) is 5.91 Å². The van der Waals surface area contributed by atoms with Gasteiger partial charge in [-0.15, -0.1) is 0 Å². The number of benzene rings is 1. The number of rotatable bonds is 8. The zero-order valence-electron chi connectivity index (χ0n) is 14.9. The second-order valence-corrected chi connectivity index (χ2v) is 6.23. The monoisotopic (exact) mass is 347 g/mol. The van der Waals surface area contributed by atoms with Crippen molar-refractivity contribution in [2.75, 3.05) is 20.2 Å². The highest BCUT2D eigenvalue weighted by Gasteiger charge is 2.49. The number of amides is 4. The third-order valence-corrected chi connectivity index (χ3v) is 4.35. The molecule has 25 heavy (non-hydrogen) atoms. The highest BCUT2D eigenvalue weighted by Crippen LogP contribution is 2.29. The van der Waals surface area contributed by atoms with Crippen molar-refractivity contribution >= 4 is 17.8 Å². The summed E-state index contributed by atoms with van der Waals surface area (Å²) in [6.07, 6.45) is 2.97. The van der Waals surface area contributed by atoms with Gasteiger partial charge in [0.2, 0.25) is 5.91 Å². The average Bonchev–Trinajstić information content (AvgIpc) is 2.83. The fraction of sp³-hybridized carbons (Fsp3) is 0.500. The molecule has 7 heteroatoms. The van der Waals surface area contributed by atoms with Crippen molar-refractivity contribution < 1.29 is 19.1 Å². The molecule has 1 aliphatic heterocycles. The van der Waals surface area contributed by atoms with Crippen LogP contribution >= 0.6 is 0 Å². The fourth-order valence-electron chi connectivity index (χ4n) is 2.76. The van der Waals surface area contributed by atoms with E-state index in [1.165, 1.54) is 0 Å². The van der Waals surface area contributed by atoms with Crippen LogP contribution in [0, 0.1) is 0 Å². The Morgan fingerprint density at radius 3 is 2.52 bits per heavy atom. The Kier molecular flexibility index (Phi) is 6.01. The molecule has 7 nitrogen and oxygen atoms in total. The van der Waals surface area contributed by atoms with Crippen LogP contribution in [0.15, 0.2) is 24.3 Å². The van der Waals surface area contributed by atoms with E-state index >= 15 is 0 Å². The van der Waals surface area contributed by atoms with Crippen molar-refractivity contribution in [1.82, 2.24) is 15.5 Å². The Morgan fingerprint density at radius 2 is 1.92 bits per heavy atom. The minimum absolute atomic E-state index is 0.275. The molecule has 1 saturated heterocycles. The number of imide groups is 1. The highest BCUT2D eigenvalue weighted by atomic mass is 16.5. The fourth-order valence-corrected chi connectivity index (χ4v) is 2.76. The molecule has 1 atom stereocenters. The quantitative estimate of drug-likeness (QED) is 0.554. The van der Waals surface area contributed by atoms with Crippen molar-refractivity contribution in [2.45, 2.75) is 38.6 Å². The van der Waals surface area contributed by atoms with Gasteiger partial charge in [-0.2, -0.15) is 0 Å². The zero-order chi connectivity index (χ0) is 18.4. The lowest BCUT2D eigenvalue weighted by Crippen LogP contribution is -2.43. The van der Waals surface area contributed by atoms with Crippen LogP contribution in [0.5, 0.6) is 5.75 Å². The lowest BCUT2D eigenvalue weighted by Gasteiger charge is -2.22. The minimum atomic E-state index is -1.19. The van der Waals surface area contributed by atoms with Crippen molar-refractivity contribution in [3.8, 4) is 5.75 Å².